The SMILES string of the molecule is O=C(CN1CCNCC1)C1=C(C(F)(F)F)CC1. The predicted molar refractivity (Wildman–Crippen MR) is 56.6 cm³/mol. The van der Waals surface area contributed by atoms with E-state index in [2.05, 4.69) is 5.32 Å². The molecule has 6 heteroatoms. The highest BCUT2D eigenvalue weighted by atomic mass is 19.4. The second kappa shape index (κ2) is 4.78. The van der Waals surface area contributed by atoms with E-state index in [4.69, 9.17) is 0 Å². The summed E-state index contributed by atoms with van der Waals surface area (Å²) < 4.78 is 37.4. The van der Waals surface area contributed by atoms with Crippen molar-refractivity contribution in [2.75, 3.05) is 32.7 Å². The Labute approximate surface area is 97.7 Å². The van der Waals surface area contributed by atoms with Gasteiger partial charge in [0, 0.05) is 37.3 Å². The van der Waals surface area contributed by atoms with E-state index in [1.165, 1.54) is 0 Å². The standard InChI is InChI=1S/C11H15F3N2O/c12-11(13,14)9-2-1-8(9)10(17)7-16-5-3-15-4-6-16/h15H,1-7H2. The van der Waals surface area contributed by atoms with E-state index in [1.807, 2.05) is 4.90 Å². The first-order chi connectivity index (χ1) is 7.98. The summed E-state index contributed by atoms with van der Waals surface area (Å²) in [6.07, 6.45) is -4.06. The minimum absolute atomic E-state index is 0.00367. The predicted octanol–water partition coefficient (Wildman–Crippen LogP) is 1.11. The molecule has 0 bridgehead atoms. The van der Waals surface area contributed by atoms with Crippen molar-refractivity contribution in [1.29, 1.82) is 0 Å². The molecular weight excluding hydrogens is 233 g/mol. The number of hydrogen-bond donors (Lipinski definition) is 1. The van der Waals surface area contributed by atoms with Gasteiger partial charge in [0.1, 0.15) is 0 Å². The Balaban J connectivity index is 1.96. The maximum absolute atomic E-state index is 12.5. The van der Waals surface area contributed by atoms with Crippen LogP contribution in [0, 0.1) is 0 Å². The normalized spacial score (nSPS) is 22.5. The number of alkyl halides is 3. The van der Waals surface area contributed by atoms with Gasteiger partial charge in [0.2, 0.25) is 0 Å². The first-order valence-electron chi connectivity index (χ1n) is 5.74. The minimum atomic E-state index is -4.33. The molecule has 1 aliphatic heterocycles. The van der Waals surface area contributed by atoms with E-state index in [0.717, 1.165) is 26.2 Å². The van der Waals surface area contributed by atoms with Crippen LogP contribution < -0.4 is 5.32 Å². The largest absolute Gasteiger partial charge is 0.413 e. The fraction of sp³-hybridized carbons (Fsp3) is 0.727. The van der Waals surface area contributed by atoms with Gasteiger partial charge < -0.3 is 5.32 Å². The van der Waals surface area contributed by atoms with Crippen molar-refractivity contribution in [2.45, 2.75) is 19.0 Å². The van der Waals surface area contributed by atoms with Crippen LogP contribution in [0.15, 0.2) is 11.1 Å². The van der Waals surface area contributed by atoms with Crippen LogP contribution in [0.4, 0.5) is 13.2 Å². The summed E-state index contributed by atoms with van der Waals surface area (Å²) in [6.45, 7) is 3.15. The minimum Gasteiger partial charge on any atom is -0.314 e. The number of carbonyl (C=O) groups excluding carboxylic acids is 1. The first-order valence-corrected chi connectivity index (χ1v) is 5.74. The quantitative estimate of drug-likeness (QED) is 0.812. The highest BCUT2D eigenvalue weighted by Gasteiger charge is 2.42. The number of halogens is 3. The van der Waals surface area contributed by atoms with Gasteiger partial charge in [-0.05, 0) is 12.8 Å². The van der Waals surface area contributed by atoms with E-state index in [-0.39, 0.29) is 30.7 Å². The van der Waals surface area contributed by atoms with Crippen molar-refractivity contribution in [3.05, 3.63) is 11.1 Å². The van der Waals surface area contributed by atoms with Gasteiger partial charge in [-0.25, -0.2) is 0 Å². The summed E-state index contributed by atoms with van der Waals surface area (Å²) in [6, 6.07) is 0. The van der Waals surface area contributed by atoms with Gasteiger partial charge in [0.25, 0.3) is 0 Å². The number of rotatable bonds is 3. The third-order valence-corrected chi connectivity index (χ3v) is 3.24. The topological polar surface area (TPSA) is 32.3 Å². The van der Waals surface area contributed by atoms with Crippen LogP contribution >= 0.6 is 0 Å². The molecule has 17 heavy (non-hydrogen) atoms. The van der Waals surface area contributed by atoms with Crippen LogP contribution in [-0.2, 0) is 4.79 Å². The zero-order valence-corrected chi connectivity index (χ0v) is 9.44. The Hall–Kier alpha value is -0.880. The molecule has 1 aliphatic carbocycles. The average Bonchev–Trinajstić information content (AvgIpc) is 2.14. The molecule has 1 N–H and O–H groups in total. The molecule has 1 saturated heterocycles. The number of allylic oxidation sites excluding steroid dienone is 1. The lowest BCUT2D eigenvalue weighted by atomic mass is 9.85. The lowest BCUT2D eigenvalue weighted by Crippen LogP contribution is -2.46. The Morgan fingerprint density at radius 3 is 2.35 bits per heavy atom. The molecule has 3 nitrogen and oxygen atoms in total. The summed E-state index contributed by atoms with van der Waals surface area (Å²) in [5.74, 6) is -0.356. The second-order valence-corrected chi connectivity index (χ2v) is 4.40. The molecule has 0 saturated carbocycles. The molecule has 0 aromatic rings. The van der Waals surface area contributed by atoms with E-state index in [0.29, 0.717) is 0 Å². The van der Waals surface area contributed by atoms with Crippen LogP contribution in [0.1, 0.15) is 12.8 Å². The number of nitrogens with zero attached hydrogens (tertiary/aromatic N) is 1. The third-order valence-electron chi connectivity index (χ3n) is 3.24. The zero-order valence-electron chi connectivity index (χ0n) is 9.44. The van der Waals surface area contributed by atoms with Gasteiger partial charge in [0.05, 0.1) is 6.54 Å². The summed E-state index contributed by atoms with van der Waals surface area (Å²) >= 11 is 0. The van der Waals surface area contributed by atoms with Crippen LogP contribution in [0.2, 0.25) is 0 Å². The number of Topliss-reactive ketones (excluding diaryl/α,β-unsaturated/α-hetero) is 1. The van der Waals surface area contributed by atoms with Gasteiger partial charge in [-0.1, -0.05) is 0 Å². The lowest BCUT2D eigenvalue weighted by Gasteiger charge is -2.29. The summed E-state index contributed by atoms with van der Waals surface area (Å²) in [7, 11) is 0. The molecule has 96 valence electrons. The molecule has 0 radical (unpaired) electrons. The van der Waals surface area contributed by atoms with Crippen molar-refractivity contribution in [3.63, 3.8) is 0 Å². The molecule has 2 rings (SSSR count). The fourth-order valence-corrected chi connectivity index (χ4v) is 2.16. The number of carbonyl (C=O) groups is 1. The average molecular weight is 248 g/mol. The van der Waals surface area contributed by atoms with Crippen molar-refractivity contribution in [1.82, 2.24) is 10.2 Å². The van der Waals surface area contributed by atoms with Gasteiger partial charge >= 0.3 is 6.18 Å². The number of ketones is 1. The van der Waals surface area contributed by atoms with Crippen LogP contribution in [0.5, 0.6) is 0 Å². The monoisotopic (exact) mass is 248 g/mol. The summed E-state index contributed by atoms with van der Waals surface area (Å²) in [5.41, 5.74) is -0.617. The zero-order chi connectivity index (χ0) is 12.5. The molecule has 0 amide bonds. The van der Waals surface area contributed by atoms with E-state index >= 15 is 0 Å². The van der Waals surface area contributed by atoms with Gasteiger partial charge in [0.15, 0.2) is 5.78 Å². The summed E-state index contributed by atoms with van der Waals surface area (Å²) in [4.78, 5) is 13.6. The molecule has 1 fully saturated rings. The molecular formula is C11H15F3N2O. The second-order valence-electron chi connectivity index (χ2n) is 4.40. The van der Waals surface area contributed by atoms with E-state index in [1.54, 1.807) is 0 Å². The highest BCUT2D eigenvalue weighted by molar-refractivity contribution is 5.99. The molecule has 0 spiro atoms. The Morgan fingerprint density at radius 2 is 1.88 bits per heavy atom. The lowest BCUT2D eigenvalue weighted by molar-refractivity contribution is -0.120. The molecule has 0 aromatic carbocycles. The van der Waals surface area contributed by atoms with Crippen molar-refractivity contribution in [2.24, 2.45) is 0 Å². The first kappa shape index (κ1) is 12.6. The maximum atomic E-state index is 12.5. The van der Waals surface area contributed by atoms with E-state index in [9.17, 15) is 18.0 Å². The molecule has 0 atom stereocenters. The molecule has 0 unspecified atom stereocenters. The third kappa shape index (κ3) is 2.87. The van der Waals surface area contributed by atoms with Crippen molar-refractivity contribution in [3.8, 4) is 0 Å². The Morgan fingerprint density at radius 1 is 1.24 bits per heavy atom. The van der Waals surface area contributed by atoms with Crippen molar-refractivity contribution < 1.29 is 18.0 Å². The molecule has 2 aliphatic rings. The summed E-state index contributed by atoms with van der Waals surface area (Å²) in [5, 5.41) is 3.13. The number of nitrogens with one attached hydrogen (secondary N) is 1. The molecule has 0 aromatic heterocycles. The van der Waals surface area contributed by atoms with Crippen LogP contribution in [0.3, 0.4) is 0 Å². The Kier molecular flexibility index (Phi) is 3.53. The van der Waals surface area contributed by atoms with Crippen LogP contribution in [-0.4, -0.2) is 49.6 Å². The maximum Gasteiger partial charge on any atom is 0.413 e. The number of piperazine rings is 1. The highest BCUT2D eigenvalue weighted by Crippen LogP contribution is 2.40. The van der Waals surface area contributed by atoms with Gasteiger partial charge in [-0.15, -0.1) is 0 Å². The smallest absolute Gasteiger partial charge is 0.314 e. The van der Waals surface area contributed by atoms with E-state index < -0.39 is 11.7 Å². The van der Waals surface area contributed by atoms with Crippen LogP contribution in [0.25, 0.3) is 0 Å². The fourth-order valence-electron chi connectivity index (χ4n) is 2.16. The van der Waals surface area contributed by atoms with Gasteiger partial charge in [-0.3, -0.25) is 9.69 Å². The van der Waals surface area contributed by atoms with Gasteiger partial charge in [-0.2, -0.15) is 13.2 Å². The molecule has 1 heterocycles. The van der Waals surface area contributed by atoms with Crippen molar-refractivity contribution >= 4 is 5.78 Å². The number of hydrogen-bond acceptors (Lipinski definition) is 3. The Bertz CT molecular complexity index is 343.